The Morgan fingerprint density at radius 2 is 2.20 bits per heavy atom. The van der Waals surface area contributed by atoms with Crippen LogP contribution in [0.2, 0.25) is 0 Å². The molecule has 0 atom stereocenters. The van der Waals surface area contributed by atoms with Gasteiger partial charge in [0, 0.05) is 5.69 Å². The summed E-state index contributed by atoms with van der Waals surface area (Å²) in [6.07, 6.45) is 3.67. The molecular weight excluding hydrogens is 272 g/mol. The van der Waals surface area contributed by atoms with Gasteiger partial charge in [0.25, 0.3) is 0 Å². The smallest absolute Gasteiger partial charge is 0.227 e. The van der Waals surface area contributed by atoms with Crippen molar-refractivity contribution in [2.45, 2.75) is 44.6 Å². The van der Waals surface area contributed by atoms with Gasteiger partial charge in [0.05, 0.1) is 27.2 Å². The Kier molecular flexibility index (Phi) is 3.48. The third-order valence-electron chi connectivity index (χ3n) is 3.80. The molecule has 2 aromatic rings. The molecule has 2 N–H and O–H groups in total. The molecule has 5 heteroatoms. The van der Waals surface area contributed by atoms with E-state index in [4.69, 9.17) is 0 Å². The number of anilines is 1. The highest BCUT2D eigenvalue weighted by molar-refractivity contribution is 7.18. The van der Waals surface area contributed by atoms with Gasteiger partial charge in [-0.3, -0.25) is 4.79 Å². The quantitative estimate of drug-likeness (QED) is 0.912. The van der Waals surface area contributed by atoms with E-state index < -0.39 is 5.60 Å². The Hall–Kier alpha value is -1.46. The number of benzene rings is 1. The largest absolute Gasteiger partial charge is 0.389 e. The maximum absolute atomic E-state index is 12.0. The molecule has 1 aromatic heterocycles. The number of thiazole rings is 1. The van der Waals surface area contributed by atoms with Gasteiger partial charge >= 0.3 is 0 Å². The van der Waals surface area contributed by atoms with E-state index in [2.05, 4.69) is 10.3 Å². The standard InChI is InChI=1S/C15H18N2O2S/c1-10-16-12-5-4-11(8-13(12)20-10)17-14(18)9-15(19)6-2-3-7-15/h4-5,8,19H,2-3,6-7,9H2,1H3,(H,17,18). The minimum atomic E-state index is -0.796. The molecular formula is C15H18N2O2S. The second-order valence-electron chi connectivity index (χ2n) is 5.57. The van der Waals surface area contributed by atoms with Gasteiger partial charge in [0.2, 0.25) is 5.91 Å². The molecule has 106 valence electrons. The minimum absolute atomic E-state index is 0.116. The third-order valence-corrected chi connectivity index (χ3v) is 4.74. The highest BCUT2D eigenvalue weighted by atomic mass is 32.1. The highest BCUT2D eigenvalue weighted by Gasteiger charge is 2.33. The van der Waals surface area contributed by atoms with E-state index in [1.807, 2.05) is 25.1 Å². The topological polar surface area (TPSA) is 62.2 Å². The van der Waals surface area contributed by atoms with Gasteiger partial charge < -0.3 is 10.4 Å². The number of nitrogens with zero attached hydrogens (tertiary/aromatic N) is 1. The minimum Gasteiger partial charge on any atom is -0.389 e. The highest BCUT2D eigenvalue weighted by Crippen LogP contribution is 2.32. The summed E-state index contributed by atoms with van der Waals surface area (Å²) in [5, 5.41) is 14.1. The number of amides is 1. The first-order chi connectivity index (χ1) is 9.54. The van der Waals surface area contributed by atoms with E-state index in [0.717, 1.165) is 46.6 Å². The molecule has 1 fully saturated rings. The number of aryl methyl sites for hydroxylation is 1. The molecule has 0 radical (unpaired) electrons. The first kappa shape index (κ1) is 13.5. The Bertz CT molecular complexity index is 644. The fraction of sp³-hybridized carbons (Fsp3) is 0.467. The zero-order valence-electron chi connectivity index (χ0n) is 11.5. The van der Waals surface area contributed by atoms with Gasteiger partial charge in [-0.2, -0.15) is 0 Å². The van der Waals surface area contributed by atoms with Crippen molar-refractivity contribution >= 4 is 33.1 Å². The molecule has 0 saturated heterocycles. The van der Waals surface area contributed by atoms with Crippen molar-refractivity contribution in [3.05, 3.63) is 23.2 Å². The fourth-order valence-corrected chi connectivity index (χ4v) is 3.70. The molecule has 1 aromatic carbocycles. The van der Waals surface area contributed by atoms with Crippen LogP contribution in [0.5, 0.6) is 0 Å². The number of hydrogen-bond donors (Lipinski definition) is 2. The van der Waals surface area contributed by atoms with Crippen LogP contribution in [0.25, 0.3) is 10.2 Å². The van der Waals surface area contributed by atoms with Crippen LogP contribution in [0, 0.1) is 6.92 Å². The molecule has 4 nitrogen and oxygen atoms in total. The SMILES string of the molecule is Cc1nc2ccc(NC(=O)CC3(O)CCCC3)cc2s1. The average Bonchev–Trinajstić information content (AvgIpc) is 2.93. The predicted molar refractivity (Wildman–Crippen MR) is 81.0 cm³/mol. The number of hydrogen-bond acceptors (Lipinski definition) is 4. The molecule has 1 aliphatic rings. The van der Waals surface area contributed by atoms with Crippen LogP contribution in [0.1, 0.15) is 37.1 Å². The molecule has 0 spiro atoms. The van der Waals surface area contributed by atoms with Crippen LogP contribution >= 0.6 is 11.3 Å². The van der Waals surface area contributed by atoms with Crippen LogP contribution in [0.3, 0.4) is 0 Å². The zero-order chi connectivity index (χ0) is 14.2. The molecule has 0 bridgehead atoms. The second kappa shape index (κ2) is 5.14. The lowest BCUT2D eigenvalue weighted by molar-refractivity contribution is -0.120. The lowest BCUT2D eigenvalue weighted by atomic mass is 9.97. The van der Waals surface area contributed by atoms with E-state index in [1.54, 1.807) is 11.3 Å². The van der Waals surface area contributed by atoms with Crippen LogP contribution in [0.15, 0.2) is 18.2 Å². The lowest BCUT2D eigenvalue weighted by Gasteiger charge is -2.21. The summed E-state index contributed by atoms with van der Waals surface area (Å²) < 4.78 is 1.07. The summed E-state index contributed by atoms with van der Waals surface area (Å²) in [7, 11) is 0. The summed E-state index contributed by atoms with van der Waals surface area (Å²) in [5.41, 5.74) is 0.933. The summed E-state index contributed by atoms with van der Waals surface area (Å²) in [4.78, 5) is 16.4. The van der Waals surface area contributed by atoms with Crippen molar-refractivity contribution in [2.24, 2.45) is 0 Å². The number of rotatable bonds is 3. The first-order valence-corrected chi connectivity index (χ1v) is 7.75. The Labute approximate surface area is 121 Å². The van der Waals surface area contributed by atoms with Crippen molar-refractivity contribution < 1.29 is 9.90 Å². The van der Waals surface area contributed by atoms with Gasteiger partial charge in [-0.1, -0.05) is 12.8 Å². The maximum Gasteiger partial charge on any atom is 0.227 e. The molecule has 0 unspecified atom stereocenters. The lowest BCUT2D eigenvalue weighted by Crippen LogP contribution is -2.30. The van der Waals surface area contributed by atoms with Crippen LogP contribution in [0.4, 0.5) is 5.69 Å². The van der Waals surface area contributed by atoms with Gasteiger partial charge in [0.15, 0.2) is 0 Å². The second-order valence-corrected chi connectivity index (χ2v) is 6.81. The summed E-state index contributed by atoms with van der Waals surface area (Å²) >= 11 is 1.61. The summed E-state index contributed by atoms with van der Waals surface area (Å²) in [5.74, 6) is -0.116. The Balaban J connectivity index is 1.70. The number of aliphatic hydroxyl groups is 1. The molecule has 0 aliphatic heterocycles. The van der Waals surface area contributed by atoms with Crippen molar-refractivity contribution in [1.82, 2.24) is 4.98 Å². The summed E-state index contributed by atoms with van der Waals surface area (Å²) in [6, 6.07) is 5.72. The van der Waals surface area contributed by atoms with E-state index in [9.17, 15) is 9.90 Å². The van der Waals surface area contributed by atoms with Gasteiger partial charge in [-0.05, 0) is 38.0 Å². The normalized spacial score (nSPS) is 17.5. The Morgan fingerprint density at radius 3 is 2.95 bits per heavy atom. The van der Waals surface area contributed by atoms with Crippen LogP contribution in [-0.2, 0) is 4.79 Å². The van der Waals surface area contributed by atoms with Crippen molar-refractivity contribution in [3.63, 3.8) is 0 Å². The molecule has 1 aliphatic carbocycles. The Morgan fingerprint density at radius 1 is 1.45 bits per heavy atom. The number of fused-ring (bicyclic) bond motifs is 1. The number of aromatic nitrogens is 1. The first-order valence-electron chi connectivity index (χ1n) is 6.94. The summed E-state index contributed by atoms with van der Waals surface area (Å²) in [6.45, 7) is 1.97. The number of nitrogens with one attached hydrogen (secondary N) is 1. The zero-order valence-corrected chi connectivity index (χ0v) is 12.3. The van der Waals surface area contributed by atoms with Crippen molar-refractivity contribution in [3.8, 4) is 0 Å². The van der Waals surface area contributed by atoms with Gasteiger partial charge in [-0.25, -0.2) is 4.98 Å². The van der Waals surface area contributed by atoms with E-state index >= 15 is 0 Å². The molecule has 3 rings (SSSR count). The van der Waals surface area contributed by atoms with Gasteiger partial charge in [-0.15, -0.1) is 11.3 Å². The van der Waals surface area contributed by atoms with Crippen LogP contribution in [-0.4, -0.2) is 21.6 Å². The fourth-order valence-electron chi connectivity index (χ4n) is 2.83. The molecule has 20 heavy (non-hydrogen) atoms. The number of carbonyl (C=O) groups is 1. The van der Waals surface area contributed by atoms with E-state index in [1.165, 1.54) is 0 Å². The molecule has 1 heterocycles. The average molecular weight is 290 g/mol. The van der Waals surface area contributed by atoms with Crippen molar-refractivity contribution in [1.29, 1.82) is 0 Å². The predicted octanol–water partition coefficient (Wildman–Crippen LogP) is 3.24. The monoisotopic (exact) mass is 290 g/mol. The maximum atomic E-state index is 12.0. The number of carbonyl (C=O) groups excluding carboxylic acids is 1. The van der Waals surface area contributed by atoms with Crippen LogP contribution < -0.4 is 5.32 Å². The van der Waals surface area contributed by atoms with Crippen molar-refractivity contribution in [2.75, 3.05) is 5.32 Å². The third kappa shape index (κ3) is 2.83. The van der Waals surface area contributed by atoms with E-state index in [-0.39, 0.29) is 12.3 Å². The van der Waals surface area contributed by atoms with Gasteiger partial charge in [0.1, 0.15) is 0 Å². The molecule has 1 saturated carbocycles. The van der Waals surface area contributed by atoms with E-state index in [0.29, 0.717) is 0 Å². The molecule has 1 amide bonds.